The fourth-order valence-corrected chi connectivity index (χ4v) is 2.54. The second kappa shape index (κ2) is 7.63. The summed E-state index contributed by atoms with van der Waals surface area (Å²) >= 11 is 0. The monoisotopic (exact) mass is 341 g/mol. The summed E-state index contributed by atoms with van der Waals surface area (Å²) in [5, 5.41) is 67.1. The lowest BCUT2D eigenvalue weighted by Gasteiger charge is -2.44. The lowest BCUT2D eigenvalue weighted by Crippen LogP contribution is -2.65. The molecule has 11 nitrogen and oxygen atoms in total. The third-order valence-electron chi connectivity index (χ3n) is 4.05. The molecule has 10 atom stereocenters. The van der Waals surface area contributed by atoms with E-state index in [0.29, 0.717) is 0 Å². The zero-order valence-corrected chi connectivity index (χ0v) is 12.1. The normalized spacial score (nSPS) is 51.7. The van der Waals surface area contributed by atoms with Gasteiger partial charge in [0, 0.05) is 0 Å². The lowest BCUT2D eigenvalue weighted by molar-refractivity contribution is -0.368. The van der Waals surface area contributed by atoms with E-state index in [-0.39, 0.29) is 0 Å². The first-order valence-electron chi connectivity index (χ1n) is 7.15. The minimum atomic E-state index is -1.68. The Morgan fingerprint density at radius 3 is 1.70 bits per heavy atom. The van der Waals surface area contributed by atoms with E-state index in [1.165, 1.54) is 0 Å². The van der Waals surface area contributed by atoms with Gasteiger partial charge in [-0.15, -0.1) is 0 Å². The molecule has 0 aromatic carbocycles. The van der Waals surface area contributed by atoms with Crippen LogP contribution in [0.3, 0.4) is 0 Å². The minimum absolute atomic E-state index is 0.587. The van der Waals surface area contributed by atoms with Gasteiger partial charge in [0.2, 0.25) is 0 Å². The molecule has 2 rings (SSSR count). The number of hydrogen-bond donors (Lipinski definition) is 8. The van der Waals surface area contributed by atoms with Crippen LogP contribution in [0.5, 0.6) is 0 Å². The average Bonchev–Trinajstić information content (AvgIpc) is 2.55. The second-order valence-electron chi connectivity index (χ2n) is 5.62. The van der Waals surface area contributed by atoms with Crippen molar-refractivity contribution in [2.75, 3.05) is 13.2 Å². The second-order valence-corrected chi connectivity index (χ2v) is 5.62. The summed E-state index contributed by atoms with van der Waals surface area (Å²) in [6, 6.07) is -1.18. The third-order valence-corrected chi connectivity index (χ3v) is 4.05. The van der Waals surface area contributed by atoms with Crippen molar-refractivity contribution in [2.45, 2.75) is 61.3 Å². The van der Waals surface area contributed by atoms with Crippen molar-refractivity contribution in [1.82, 2.24) is 0 Å². The Balaban J connectivity index is 2.07. The molecule has 9 N–H and O–H groups in total. The summed E-state index contributed by atoms with van der Waals surface area (Å²) in [6.45, 7) is -1.23. The largest absolute Gasteiger partial charge is 0.394 e. The summed E-state index contributed by atoms with van der Waals surface area (Å²) < 4.78 is 15.5. The predicted molar refractivity (Wildman–Crippen MR) is 70.6 cm³/mol. The van der Waals surface area contributed by atoms with Gasteiger partial charge in [0.25, 0.3) is 0 Å². The van der Waals surface area contributed by atoms with Crippen LogP contribution in [0.1, 0.15) is 0 Å². The number of rotatable bonds is 4. The number of nitrogens with two attached hydrogens (primary N) is 1. The molecule has 0 bridgehead atoms. The van der Waals surface area contributed by atoms with E-state index in [4.69, 9.17) is 30.2 Å². The zero-order chi connectivity index (χ0) is 17.3. The quantitative estimate of drug-likeness (QED) is 0.243. The van der Waals surface area contributed by atoms with Gasteiger partial charge in [-0.25, -0.2) is 0 Å². The fraction of sp³-hybridized carbons (Fsp3) is 1.00. The highest BCUT2D eigenvalue weighted by molar-refractivity contribution is 4.93. The topological polar surface area (TPSA) is 195 Å². The van der Waals surface area contributed by atoms with Crippen molar-refractivity contribution in [2.24, 2.45) is 5.73 Å². The van der Waals surface area contributed by atoms with E-state index in [1.807, 2.05) is 0 Å². The fourth-order valence-electron chi connectivity index (χ4n) is 2.54. The molecule has 2 saturated heterocycles. The molecule has 0 unspecified atom stereocenters. The Labute approximate surface area is 131 Å². The van der Waals surface area contributed by atoms with Crippen molar-refractivity contribution in [3.05, 3.63) is 0 Å². The maximum absolute atomic E-state index is 9.96. The van der Waals surface area contributed by atoms with Crippen molar-refractivity contribution in [1.29, 1.82) is 0 Å². The van der Waals surface area contributed by atoms with Gasteiger partial charge in [0.15, 0.2) is 12.6 Å². The highest BCUT2D eigenvalue weighted by Crippen LogP contribution is 2.27. The van der Waals surface area contributed by atoms with Crippen LogP contribution in [0, 0.1) is 0 Å². The summed E-state index contributed by atoms with van der Waals surface area (Å²) in [4.78, 5) is 0. The van der Waals surface area contributed by atoms with Crippen LogP contribution in [-0.2, 0) is 14.2 Å². The van der Waals surface area contributed by atoms with Gasteiger partial charge >= 0.3 is 0 Å². The van der Waals surface area contributed by atoms with Gasteiger partial charge in [-0.05, 0) is 0 Å². The van der Waals surface area contributed by atoms with Crippen LogP contribution in [0.25, 0.3) is 0 Å². The maximum atomic E-state index is 9.96. The minimum Gasteiger partial charge on any atom is -0.394 e. The van der Waals surface area contributed by atoms with Crippen molar-refractivity contribution in [3.63, 3.8) is 0 Å². The lowest BCUT2D eigenvalue weighted by atomic mass is 9.97. The molecular weight excluding hydrogens is 318 g/mol. The molecule has 0 amide bonds. The SMILES string of the molecule is N[C@@H]1[C@@H](O)[C@@H](O[C@@H]2O[C@H](CO)[C@@H](O)[C@H](O)[C@H]2O)O[C@H](CO)[C@H]1O. The first-order valence-corrected chi connectivity index (χ1v) is 7.15. The molecule has 2 heterocycles. The first kappa shape index (κ1) is 18.9. The van der Waals surface area contributed by atoms with Crippen LogP contribution in [0.2, 0.25) is 0 Å². The van der Waals surface area contributed by atoms with Gasteiger partial charge in [0.1, 0.15) is 42.7 Å². The van der Waals surface area contributed by atoms with Gasteiger partial charge < -0.3 is 55.7 Å². The molecule has 2 aliphatic heterocycles. The van der Waals surface area contributed by atoms with E-state index in [0.717, 1.165) is 0 Å². The molecular formula is C12H23NO10. The number of hydrogen-bond acceptors (Lipinski definition) is 11. The smallest absolute Gasteiger partial charge is 0.189 e. The molecule has 0 aromatic rings. The molecule has 0 saturated carbocycles. The van der Waals surface area contributed by atoms with Crippen LogP contribution in [-0.4, -0.2) is 110 Å². The first-order chi connectivity index (χ1) is 10.8. The van der Waals surface area contributed by atoms with Crippen LogP contribution in [0.15, 0.2) is 0 Å². The summed E-state index contributed by atoms with van der Waals surface area (Å²) in [7, 11) is 0. The van der Waals surface area contributed by atoms with Crippen LogP contribution in [0.4, 0.5) is 0 Å². The van der Waals surface area contributed by atoms with Crippen LogP contribution >= 0.6 is 0 Å². The van der Waals surface area contributed by atoms with Gasteiger partial charge in [-0.2, -0.15) is 0 Å². The molecule has 2 fully saturated rings. The number of aliphatic hydroxyl groups is 7. The van der Waals surface area contributed by atoms with Crippen LogP contribution < -0.4 is 5.73 Å². The predicted octanol–water partition coefficient (Wildman–Crippen LogP) is -5.43. The van der Waals surface area contributed by atoms with Gasteiger partial charge in [-0.3, -0.25) is 0 Å². The Morgan fingerprint density at radius 1 is 0.696 bits per heavy atom. The number of aliphatic hydroxyl groups excluding tert-OH is 7. The Kier molecular flexibility index (Phi) is 6.27. The Hall–Kier alpha value is -0.440. The number of ether oxygens (including phenoxy) is 3. The van der Waals surface area contributed by atoms with E-state index < -0.39 is 74.6 Å². The van der Waals surface area contributed by atoms with Gasteiger partial charge in [-0.1, -0.05) is 0 Å². The molecule has 2 aliphatic rings. The molecule has 0 spiro atoms. The molecule has 136 valence electrons. The Morgan fingerprint density at radius 2 is 1.17 bits per heavy atom. The highest BCUT2D eigenvalue weighted by atomic mass is 16.8. The van der Waals surface area contributed by atoms with E-state index in [1.54, 1.807) is 0 Å². The average molecular weight is 341 g/mol. The standard InChI is InChI=1S/C12H23NO10/c13-5-6(16)3(1-14)21-11(8(5)18)23-12-10(20)9(19)7(17)4(2-15)22-12/h3-12,14-20H,1-2,13H2/t3-,4-,5+,6-,7-,8-,9+,10-,11-,12+/m1/s1. The van der Waals surface area contributed by atoms with E-state index in [9.17, 15) is 25.5 Å². The molecule has 11 heteroatoms. The maximum Gasteiger partial charge on any atom is 0.189 e. The van der Waals surface area contributed by atoms with Crippen molar-refractivity contribution in [3.8, 4) is 0 Å². The van der Waals surface area contributed by atoms with E-state index >= 15 is 0 Å². The van der Waals surface area contributed by atoms with E-state index in [2.05, 4.69) is 0 Å². The highest BCUT2D eigenvalue weighted by Gasteiger charge is 2.49. The molecule has 0 aliphatic carbocycles. The Bertz CT molecular complexity index is 349. The van der Waals surface area contributed by atoms with Crippen molar-refractivity contribution >= 4 is 0 Å². The zero-order valence-electron chi connectivity index (χ0n) is 12.1. The summed E-state index contributed by atoms with van der Waals surface area (Å²) in [5.41, 5.74) is 5.62. The van der Waals surface area contributed by atoms with Gasteiger partial charge in [0.05, 0.1) is 19.3 Å². The summed E-state index contributed by atoms with van der Waals surface area (Å²) in [6.07, 6.45) is -13.0. The molecule has 0 radical (unpaired) electrons. The van der Waals surface area contributed by atoms with Crippen molar-refractivity contribution < 1.29 is 50.0 Å². The molecule has 23 heavy (non-hydrogen) atoms. The third kappa shape index (κ3) is 3.65. The summed E-state index contributed by atoms with van der Waals surface area (Å²) in [5.74, 6) is 0. The molecule has 0 aromatic heterocycles.